The third-order valence-corrected chi connectivity index (χ3v) is 2.65. The topological polar surface area (TPSA) is 56.3 Å². The molecule has 1 aromatic heterocycles. The number of morpholine rings is 1. The van der Waals surface area contributed by atoms with Crippen molar-refractivity contribution in [3.63, 3.8) is 0 Å². The summed E-state index contributed by atoms with van der Waals surface area (Å²) in [6.45, 7) is 5.43. The fourth-order valence-electron chi connectivity index (χ4n) is 1.88. The molecule has 0 unspecified atom stereocenters. The Morgan fingerprint density at radius 3 is 2.94 bits per heavy atom. The summed E-state index contributed by atoms with van der Waals surface area (Å²) in [5, 5.41) is 4.32. The Hall–Kier alpha value is -0.720. The summed E-state index contributed by atoms with van der Waals surface area (Å²) in [6.07, 6.45) is 0.199. The summed E-state index contributed by atoms with van der Waals surface area (Å²) in [7, 11) is 2.10. The molecule has 16 heavy (non-hydrogen) atoms. The van der Waals surface area contributed by atoms with Crippen LogP contribution in [0.2, 0.25) is 0 Å². The Morgan fingerprint density at radius 1 is 1.62 bits per heavy atom. The van der Waals surface area contributed by atoms with Gasteiger partial charge in [-0.05, 0) is 14.0 Å². The largest absolute Gasteiger partial charge is 0.384 e. The van der Waals surface area contributed by atoms with Crippen LogP contribution in [0.3, 0.4) is 0 Å². The molecule has 0 aromatic carbocycles. The minimum atomic E-state index is 0. The van der Waals surface area contributed by atoms with Crippen molar-refractivity contribution in [3.8, 4) is 0 Å². The van der Waals surface area contributed by atoms with Gasteiger partial charge in [-0.3, -0.25) is 0 Å². The number of nitrogen functional groups attached to an aromatic ring is 1. The van der Waals surface area contributed by atoms with Crippen LogP contribution in [0, 0.1) is 6.92 Å². The standard InChI is InChI=1S/C10H18N4O.H2S/c1-8-5-10(11)14(12-8)7-9-6-13(2)3-4-15-9;/h5,9H,3-4,6-7,11H2,1-2H3;1H2/t9-;/m0./s1. The van der Waals surface area contributed by atoms with E-state index in [4.69, 9.17) is 10.5 Å². The lowest BCUT2D eigenvalue weighted by Crippen LogP contribution is -2.42. The van der Waals surface area contributed by atoms with Crippen LogP contribution in [0.25, 0.3) is 0 Å². The molecule has 0 radical (unpaired) electrons. The van der Waals surface area contributed by atoms with E-state index in [0.29, 0.717) is 5.82 Å². The van der Waals surface area contributed by atoms with Gasteiger partial charge in [0.2, 0.25) is 0 Å². The van der Waals surface area contributed by atoms with Gasteiger partial charge in [0.15, 0.2) is 0 Å². The predicted octanol–water partition coefficient (Wildman–Crippen LogP) is 0.217. The first-order chi connectivity index (χ1) is 7.15. The molecular weight excluding hydrogens is 224 g/mol. The quantitative estimate of drug-likeness (QED) is 0.808. The fraction of sp³-hybridized carbons (Fsp3) is 0.700. The van der Waals surface area contributed by atoms with Crippen LogP contribution < -0.4 is 5.73 Å². The Kier molecular flexibility index (Phi) is 4.64. The van der Waals surface area contributed by atoms with Gasteiger partial charge in [-0.15, -0.1) is 0 Å². The van der Waals surface area contributed by atoms with Crippen molar-refractivity contribution in [2.45, 2.75) is 19.6 Å². The van der Waals surface area contributed by atoms with E-state index in [1.54, 1.807) is 0 Å². The minimum Gasteiger partial charge on any atom is -0.384 e. The number of anilines is 1. The third kappa shape index (κ3) is 3.13. The lowest BCUT2D eigenvalue weighted by molar-refractivity contribution is -0.0287. The number of aromatic nitrogens is 2. The number of ether oxygens (including phenoxy) is 1. The van der Waals surface area contributed by atoms with E-state index >= 15 is 0 Å². The Labute approximate surface area is 103 Å². The van der Waals surface area contributed by atoms with E-state index in [1.807, 2.05) is 17.7 Å². The summed E-state index contributed by atoms with van der Waals surface area (Å²) in [4.78, 5) is 2.26. The number of nitrogens with zero attached hydrogens (tertiary/aromatic N) is 3. The van der Waals surface area contributed by atoms with Crippen molar-refractivity contribution >= 4 is 19.3 Å². The number of nitrogens with two attached hydrogens (primary N) is 1. The molecule has 1 aliphatic rings. The van der Waals surface area contributed by atoms with Gasteiger partial charge in [-0.2, -0.15) is 18.6 Å². The highest BCUT2D eigenvalue weighted by Gasteiger charge is 2.19. The second kappa shape index (κ2) is 5.56. The van der Waals surface area contributed by atoms with Gasteiger partial charge in [0.25, 0.3) is 0 Å². The van der Waals surface area contributed by atoms with Crippen LogP contribution in [-0.2, 0) is 11.3 Å². The summed E-state index contributed by atoms with van der Waals surface area (Å²) < 4.78 is 7.48. The van der Waals surface area contributed by atoms with E-state index < -0.39 is 0 Å². The monoisotopic (exact) mass is 244 g/mol. The molecule has 2 heterocycles. The Balaban J connectivity index is 0.00000128. The Morgan fingerprint density at radius 2 is 2.38 bits per heavy atom. The maximum Gasteiger partial charge on any atom is 0.122 e. The smallest absolute Gasteiger partial charge is 0.122 e. The maximum absolute atomic E-state index is 5.82. The van der Waals surface area contributed by atoms with Gasteiger partial charge in [-0.25, -0.2) is 4.68 Å². The predicted molar refractivity (Wildman–Crippen MR) is 69.0 cm³/mol. The van der Waals surface area contributed by atoms with E-state index in [2.05, 4.69) is 17.0 Å². The highest BCUT2D eigenvalue weighted by atomic mass is 32.1. The van der Waals surface area contributed by atoms with Crippen LogP contribution in [0.15, 0.2) is 6.07 Å². The van der Waals surface area contributed by atoms with Crippen LogP contribution in [0.5, 0.6) is 0 Å². The molecule has 0 amide bonds. The lowest BCUT2D eigenvalue weighted by atomic mass is 10.3. The summed E-state index contributed by atoms with van der Waals surface area (Å²) in [5.74, 6) is 0.712. The van der Waals surface area contributed by atoms with E-state index in [9.17, 15) is 0 Å². The second-order valence-corrected chi connectivity index (χ2v) is 4.15. The summed E-state index contributed by atoms with van der Waals surface area (Å²) in [6, 6.07) is 1.88. The molecule has 0 saturated carbocycles. The Bertz CT molecular complexity index is 342. The maximum atomic E-state index is 5.82. The number of aryl methyl sites for hydroxylation is 1. The highest BCUT2D eigenvalue weighted by molar-refractivity contribution is 7.59. The zero-order valence-electron chi connectivity index (χ0n) is 9.81. The highest BCUT2D eigenvalue weighted by Crippen LogP contribution is 2.10. The van der Waals surface area contributed by atoms with Crippen molar-refractivity contribution in [1.29, 1.82) is 0 Å². The van der Waals surface area contributed by atoms with Crippen LogP contribution in [0.1, 0.15) is 5.69 Å². The number of hydrogen-bond donors (Lipinski definition) is 1. The molecule has 1 atom stereocenters. The molecule has 6 heteroatoms. The molecule has 1 aliphatic heterocycles. The number of rotatable bonds is 2. The van der Waals surface area contributed by atoms with Crippen molar-refractivity contribution in [3.05, 3.63) is 11.8 Å². The van der Waals surface area contributed by atoms with Gasteiger partial charge in [0.1, 0.15) is 5.82 Å². The van der Waals surface area contributed by atoms with Crippen molar-refractivity contribution in [2.24, 2.45) is 0 Å². The first kappa shape index (κ1) is 13.3. The zero-order valence-corrected chi connectivity index (χ0v) is 10.8. The van der Waals surface area contributed by atoms with Crippen LogP contribution in [0.4, 0.5) is 5.82 Å². The molecule has 1 aromatic rings. The van der Waals surface area contributed by atoms with E-state index in [-0.39, 0.29) is 19.6 Å². The van der Waals surface area contributed by atoms with Gasteiger partial charge in [-0.1, -0.05) is 0 Å². The molecule has 0 bridgehead atoms. The molecule has 2 N–H and O–H groups in total. The molecular formula is C10H20N4OS. The minimum absolute atomic E-state index is 0. The first-order valence-electron chi connectivity index (χ1n) is 5.25. The van der Waals surface area contributed by atoms with Gasteiger partial charge in [0, 0.05) is 19.2 Å². The normalized spacial score (nSPS) is 21.8. The third-order valence-electron chi connectivity index (χ3n) is 2.65. The van der Waals surface area contributed by atoms with Gasteiger partial charge in [0.05, 0.1) is 24.9 Å². The van der Waals surface area contributed by atoms with Crippen molar-refractivity contribution in [2.75, 3.05) is 32.5 Å². The number of hydrogen-bond acceptors (Lipinski definition) is 4. The lowest BCUT2D eigenvalue weighted by Gasteiger charge is -2.30. The van der Waals surface area contributed by atoms with Gasteiger partial charge < -0.3 is 15.4 Å². The summed E-state index contributed by atoms with van der Waals surface area (Å²) in [5.41, 5.74) is 6.78. The van der Waals surface area contributed by atoms with E-state index in [0.717, 1.165) is 31.9 Å². The summed E-state index contributed by atoms with van der Waals surface area (Å²) >= 11 is 0. The molecule has 0 aliphatic carbocycles. The average molecular weight is 244 g/mol. The molecule has 5 nitrogen and oxygen atoms in total. The number of likely N-dealkylation sites (N-methyl/N-ethyl adjacent to an activating group) is 1. The molecule has 92 valence electrons. The van der Waals surface area contributed by atoms with E-state index in [1.165, 1.54) is 0 Å². The SMILES string of the molecule is Cc1cc(N)n(C[C@@H]2CN(C)CCO2)n1.S. The van der Waals surface area contributed by atoms with Crippen molar-refractivity contribution in [1.82, 2.24) is 14.7 Å². The molecule has 0 spiro atoms. The molecule has 2 rings (SSSR count). The van der Waals surface area contributed by atoms with Gasteiger partial charge >= 0.3 is 0 Å². The molecule has 1 fully saturated rings. The second-order valence-electron chi connectivity index (χ2n) is 4.15. The van der Waals surface area contributed by atoms with Crippen LogP contribution in [-0.4, -0.2) is 47.5 Å². The average Bonchev–Trinajstić information content (AvgIpc) is 2.45. The zero-order chi connectivity index (χ0) is 10.8. The molecule has 1 saturated heterocycles. The van der Waals surface area contributed by atoms with Crippen molar-refractivity contribution < 1.29 is 4.74 Å². The van der Waals surface area contributed by atoms with Crippen LogP contribution >= 0.6 is 13.5 Å². The first-order valence-corrected chi connectivity index (χ1v) is 5.25. The fourth-order valence-corrected chi connectivity index (χ4v) is 1.88.